The van der Waals surface area contributed by atoms with Crippen molar-refractivity contribution in [3.8, 4) is 11.3 Å². The van der Waals surface area contributed by atoms with Gasteiger partial charge in [0.25, 0.3) is 11.3 Å². The lowest BCUT2D eigenvalue weighted by molar-refractivity contribution is 0.0599. The van der Waals surface area contributed by atoms with E-state index in [1.54, 1.807) is 49.4 Å². The quantitative estimate of drug-likeness (QED) is 0.364. The summed E-state index contributed by atoms with van der Waals surface area (Å²) in [4.78, 5) is 11.8. The first kappa shape index (κ1) is 22.4. The van der Waals surface area contributed by atoms with E-state index < -0.39 is 17.2 Å². The zero-order chi connectivity index (χ0) is 21.8. The zero-order valence-electron chi connectivity index (χ0n) is 16.2. The van der Waals surface area contributed by atoms with Gasteiger partial charge in [-0.3, -0.25) is 8.86 Å². The predicted octanol–water partition coefficient (Wildman–Crippen LogP) is 5.53. The molecule has 0 aliphatic carbocycles. The number of aryl methyl sites for hydroxylation is 1. The Hall–Kier alpha value is -2.32. The maximum absolute atomic E-state index is 11.9. The van der Waals surface area contributed by atoms with Crippen LogP contribution >= 0.6 is 23.2 Å². The second-order valence-electron chi connectivity index (χ2n) is 6.41. The number of esters is 1. The summed E-state index contributed by atoms with van der Waals surface area (Å²) in [6.07, 6.45) is 0.438. The Kier molecular flexibility index (Phi) is 7.20. The largest absolute Gasteiger partial charge is 0.465 e. The van der Waals surface area contributed by atoms with Crippen LogP contribution in [0.4, 0.5) is 5.69 Å². The molecule has 1 unspecified atom stereocenters. The van der Waals surface area contributed by atoms with Gasteiger partial charge in [-0.05, 0) is 55.3 Å². The topological polar surface area (TPSA) is 80.0 Å². The molecule has 0 fully saturated rings. The molecule has 1 N–H and O–H groups in total. The van der Waals surface area contributed by atoms with E-state index in [0.29, 0.717) is 39.2 Å². The Bertz CT molecular complexity index is 1080. The third-order valence-corrected chi connectivity index (χ3v) is 6.20. The van der Waals surface area contributed by atoms with Gasteiger partial charge in [0, 0.05) is 12.1 Å². The number of furan rings is 1. The molecule has 0 aliphatic heterocycles. The number of benzene rings is 2. The maximum atomic E-state index is 11.9. The molecule has 0 aliphatic rings. The van der Waals surface area contributed by atoms with Gasteiger partial charge in [0.05, 0.1) is 22.8 Å². The Morgan fingerprint density at radius 1 is 1.20 bits per heavy atom. The van der Waals surface area contributed by atoms with E-state index in [0.717, 1.165) is 11.1 Å². The van der Waals surface area contributed by atoms with Crippen molar-refractivity contribution in [1.82, 2.24) is 0 Å². The van der Waals surface area contributed by atoms with Crippen molar-refractivity contribution in [3.05, 3.63) is 75.5 Å². The number of halogens is 2. The molecule has 2 aromatic carbocycles. The first-order valence-electron chi connectivity index (χ1n) is 8.92. The molecule has 1 atom stereocenters. The van der Waals surface area contributed by atoms with Gasteiger partial charge in [-0.2, -0.15) is 0 Å². The molecule has 0 bridgehead atoms. The Balaban J connectivity index is 1.79. The van der Waals surface area contributed by atoms with Gasteiger partial charge in [-0.25, -0.2) is 9.00 Å². The molecule has 0 spiro atoms. The normalized spacial score (nSPS) is 11.9. The smallest absolute Gasteiger partial charge is 0.341 e. The lowest BCUT2D eigenvalue weighted by Crippen LogP contribution is -2.27. The zero-order valence-corrected chi connectivity index (χ0v) is 18.6. The van der Waals surface area contributed by atoms with Gasteiger partial charge >= 0.3 is 5.97 Å². The molecule has 158 valence electrons. The summed E-state index contributed by atoms with van der Waals surface area (Å²) < 4.78 is 33.4. The van der Waals surface area contributed by atoms with Crippen molar-refractivity contribution in [2.45, 2.75) is 13.3 Å². The number of carbonyl (C=O) groups excluding carboxylic acids is 1. The lowest BCUT2D eigenvalue weighted by Gasteiger charge is -2.20. The third kappa shape index (κ3) is 4.87. The molecule has 6 nitrogen and oxygen atoms in total. The van der Waals surface area contributed by atoms with Crippen LogP contribution in [0.2, 0.25) is 10.0 Å². The molecule has 0 radical (unpaired) electrons. The highest BCUT2D eigenvalue weighted by molar-refractivity contribution is 7.80. The number of nitrogens with zero attached hydrogens (tertiary/aromatic N) is 1. The Labute approximate surface area is 186 Å². The van der Waals surface area contributed by atoms with Crippen molar-refractivity contribution >= 4 is 46.1 Å². The average Bonchev–Trinajstić information content (AvgIpc) is 3.12. The van der Waals surface area contributed by atoms with Crippen molar-refractivity contribution in [2.75, 3.05) is 18.0 Å². The number of hydrogen-bond donors (Lipinski definition) is 1. The number of ether oxygens (including phenoxy) is 1. The predicted molar refractivity (Wildman–Crippen MR) is 119 cm³/mol. The van der Waals surface area contributed by atoms with Crippen LogP contribution in [0, 0.1) is 6.92 Å². The molecule has 0 saturated carbocycles. The van der Waals surface area contributed by atoms with E-state index >= 15 is 0 Å². The van der Waals surface area contributed by atoms with E-state index in [9.17, 15) is 13.6 Å². The minimum Gasteiger partial charge on any atom is -0.465 e. The molecular formula is C21H19Cl2NO5S. The van der Waals surface area contributed by atoms with E-state index in [2.05, 4.69) is 0 Å². The highest BCUT2D eigenvalue weighted by Crippen LogP contribution is 2.29. The number of hydrogen-bond acceptors (Lipinski definition) is 4. The van der Waals surface area contributed by atoms with Gasteiger partial charge < -0.3 is 9.15 Å². The molecular weight excluding hydrogens is 449 g/mol. The van der Waals surface area contributed by atoms with Crippen LogP contribution in [0.25, 0.3) is 11.3 Å². The molecule has 0 saturated heterocycles. The number of carbonyl (C=O) groups is 1. The van der Waals surface area contributed by atoms with Crippen LogP contribution in [-0.4, -0.2) is 28.4 Å². The molecule has 30 heavy (non-hydrogen) atoms. The fraction of sp³-hybridized carbons (Fsp3) is 0.190. The monoisotopic (exact) mass is 467 g/mol. The highest BCUT2D eigenvalue weighted by Gasteiger charge is 2.18. The van der Waals surface area contributed by atoms with E-state index in [4.69, 9.17) is 32.4 Å². The van der Waals surface area contributed by atoms with Crippen LogP contribution in [0.15, 0.2) is 52.9 Å². The molecule has 9 heteroatoms. The van der Waals surface area contributed by atoms with Crippen molar-refractivity contribution in [2.24, 2.45) is 0 Å². The summed E-state index contributed by atoms with van der Waals surface area (Å²) in [5, 5.41) is 0.878. The summed E-state index contributed by atoms with van der Waals surface area (Å²) >= 11 is 10.0. The van der Waals surface area contributed by atoms with Gasteiger partial charge in [-0.1, -0.05) is 35.3 Å². The second-order valence-corrected chi connectivity index (χ2v) is 8.10. The summed E-state index contributed by atoms with van der Waals surface area (Å²) in [5.41, 5.74) is 2.42. The van der Waals surface area contributed by atoms with E-state index in [-0.39, 0.29) is 6.54 Å². The van der Waals surface area contributed by atoms with Gasteiger partial charge in [0.2, 0.25) is 0 Å². The minimum atomic E-state index is -2.23. The summed E-state index contributed by atoms with van der Waals surface area (Å²) in [6, 6.07) is 13.8. The summed E-state index contributed by atoms with van der Waals surface area (Å²) in [6.45, 7) is 1.94. The van der Waals surface area contributed by atoms with Crippen LogP contribution in [0.1, 0.15) is 21.7 Å². The first-order chi connectivity index (χ1) is 14.3. The van der Waals surface area contributed by atoms with Crippen molar-refractivity contribution in [3.63, 3.8) is 0 Å². The van der Waals surface area contributed by atoms with Gasteiger partial charge in [0.1, 0.15) is 17.1 Å². The first-order valence-corrected chi connectivity index (χ1v) is 10.7. The lowest BCUT2D eigenvalue weighted by atomic mass is 10.1. The minimum absolute atomic E-state index is 0.259. The second kappa shape index (κ2) is 9.66. The van der Waals surface area contributed by atoms with Crippen molar-refractivity contribution in [1.29, 1.82) is 0 Å². The van der Waals surface area contributed by atoms with Crippen LogP contribution < -0.4 is 4.31 Å². The fourth-order valence-electron chi connectivity index (χ4n) is 2.99. The number of anilines is 1. The van der Waals surface area contributed by atoms with Crippen LogP contribution in [0.3, 0.4) is 0 Å². The Morgan fingerprint density at radius 3 is 2.53 bits per heavy atom. The maximum Gasteiger partial charge on any atom is 0.341 e. The third-order valence-electron chi connectivity index (χ3n) is 4.57. The van der Waals surface area contributed by atoms with Crippen LogP contribution in [-0.2, 0) is 22.4 Å². The highest BCUT2D eigenvalue weighted by atomic mass is 35.5. The molecule has 3 rings (SSSR count). The van der Waals surface area contributed by atoms with E-state index in [1.807, 2.05) is 6.07 Å². The Morgan fingerprint density at radius 2 is 1.90 bits per heavy atom. The van der Waals surface area contributed by atoms with Crippen molar-refractivity contribution < 1.29 is 22.7 Å². The SMILES string of the molecule is COC(=O)c1cc(-c2ccc(N(CCc3cccc(Cl)c3Cl)S(=O)O)cc2)oc1C. The van der Waals surface area contributed by atoms with Gasteiger partial charge in [-0.15, -0.1) is 0 Å². The van der Waals surface area contributed by atoms with E-state index in [1.165, 1.54) is 11.4 Å². The molecule has 0 amide bonds. The van der Waals surface area contributed by atoms with Gasteiger partial charge in [0.15, 0.2) is 0 Å². The van der Waals surface area contributed by atoms with Crippen LogP contribution in [0.5, 0.6) is 0 Å². The standard InChI is InChI=1S/C21H19Cl2NO5S/c1-13-17(21(25)28-2)12-19(29-13)14-6-8-16(9-7-14)24(30(26)27)11-10-15-4-3-5-18(22)20(15)23/h3-9,12H,10-11H2,1-2H3,(H,26,27). The molecule has 1 aromatic heterocycles. The summed E-state index contributed by atoms with van der Waals surface area (Å²) in [7, 11) is 1.31. The number of rotatable bonds is 7. The fourth-order valence-corrected chi connectivity index (χ4v) is 3.95. The average molecular weight is 468 g/mol. The summed E-state index contributed by atoms with van der Waals surface area (Å²) in [5.74, 6) is 0.486. The molecule has 3 aromatic rings. The molecule has 1 heterocycles. The number of methoxy groups -OCH3 is 1.